The summed E-state index contributed by atoms with van der Waals surface area (Å²) in [6, 6.07) is 2.36. The second kappa shape index (κ2) is 3.86. The normalized spacial score (nSPS) is 16.0. The Kier molecular flexibility index (Phi) is 2.67. The highest BCUT2D eigenvalue weighted by molar-refractivity contribution is 9.10. The molecule has 16 heavy (non-hydrogen) atoms. The van der Waals surface area contributed by atoms with Gasteiger partial charge < -0.3 is 10.6 Å². The van der Waals surface area contributed by atoms with Crippen LogP contribution in [-0.2, 0) is 9.59 Å². The Morgan fingerprint density at radius 1 is 1.38 bits per heavy atom. The van der Waals surface area contributed by atoms with E-state index in [-0.39, 0.29) is 36.0 Å². The number of anilines is 2. The van der Waals surface area contributed by atoms with Gasteiger partial charge in [0, 0.05) is 4.47 Å². The van der Waals surface area contributed by atoms with Crippen LogP contribution < -0.4 is 10.6 Å². The lowest BCUT2D eigenvalue weighted by atomic mass is 10.2. The number of nitrogen functional groups attached to an aromatic ring is 1. The molecule has 0 aromatic heterocycles. The van der Waals surface area contributed by atoms with Gasteiger partial charge in [-0.15, -0.1) is 0 Å². The van der Waals surface area contributed by atoms with Gasteiger partial charge in [-0.1, -0.05) is 0 Å². The van der Waals surface area contributed by atoms with E-state index in [2.05, 4.69) is 15.9 Å². The number of carbonyl (C=O) groups excluding carboxylic acids is 2. The van der Waals surface area contributed by atoms with Gasteiger partial charge in [-0.25, -0.2) is 4.39 Å². The Morgan fingerprint density at radius 3 is 2.62 bits per heavy atom. The number of hydrogen-bond donors (Lipinski definition) is 1. The van der Waals surface area contributed by atoms with Gasteiger partial charge in [-0.05, 0) is 28.1 Å². The molecule has 0 aliphatic carbocycles. The number of benzene rings is 1. The molecular weight excluding hydrogens is 279 g/mol. The molecule has 6 heteroatoms. The molecule has 1 fully saturated rings. The maximum absolute atomic E-state index is 13.2. The number of nitrogens with two attached hydrogens (primary N) is 1. The fraction of sp³-hybridized carbons (Fsp3) is 0.200. The first-order valence-corrected chi connectivity index (χ1v) is 5.35. The summed E-state index contributed by atoms with van der Waals surface area (Å²) in [6.45, 7) is -0.0427. The summed E-state index contributed by atoms with van der Waals surface area (Å²) >= 11 is 3.09. The van der Waals surface area contributed by atoms with E-state index in [0.717, 1.165) is 6.07 Å². The molecule has 0 radical (unpaired) electrons. The number of amides is 1. The highest BCUT2D eigenvalue weighted by atomic mass is 79.9. The van der Waals surface area contributed by atoms with Gasteiger partial charge in [0.15, 0.2) is 5.78 Å². The first kappa shape index (κ1) is 11.1. The Labute approximate surface area is 99.3 Å². The molecule has 1 saturated heterocycles. The van der Waals surface area contributed by atoms with Crippen LogP contribution in [0, 0.1) is 5.82 Å². The third-order valence-electron chi connectivity index (χ3n) is 2.35. The summed E-state index contributed by atoms with van der Waals surface area (Å²) in [5.74, 6) is -1.05. The van der Waals surface area contributed by atoms with E-state index in [4.69, 9.17) is 5.73 Å². The van der Waals surface area contributed by atoms with Gasteiger partial charge in [-0.3, -0.25) is 9.59 Å². The largest absolute Gasteiger partial charge is 0.396 e. The first-order chi connectivity index (χ1) is 7.49. The predicted octanol–water partition coefficient (Wildman–Crippen LogP) is 1.48. The number of rotatable bonds is 1. The van der Waals surface area contributed by atoms with Crippen LogP contribution in [0.5, 0.6) is 0 Å². The van der Waals surface area contributed by atoms with Crippen LogP contribution in [0.15, 0.2) is 16.6 Å². The zero-order valence-corrected chi connectivity index (χ0v) is 9.75. The Balaban J connectivity index is 2.48. The summed E-state index contributed by atoms with van der Waals surface area (Å²) in [5.41, 5.74) is 6.21. The molecule has 84 valence electrons. The molecule has 1 aliphatic rings. The van der Waals surface area contributed by atoms with Crippen molar-refractivity contribution in [2.45, 2.75) is 6.42 Å². The number of hydrogen-bond acceptors (Lipinski definition) is 3. The van der Waals surface area contributed by atoms with E-state index < -0.39 is 5.82 Å². The minimum Gasteiger partial charge on any atom is -0.396 e. The molecule has 0 bridgehead atoms. The lowest BCUT2D eigenvalue weighted by Gasteiger charge is -2.17. The molecular formula is C10H8BrFN2O2. The van der Waals surface area contributed by atoms with Gasteiger partial charge in [-0.2, -0.15) is 0 Å². The summed E-state index contributed by atoms with van der Waals surface area (Å²) in [5, 5.41) is 0. The molecule has 2 rings (SSSR count). The van der Waals surface area contributed by atoms with E-state index in [1.165, 1.54) is 11.0 Å². The lowest BCUT2D eigenvalue weighted by Crippen LogP contribution is -2.25. The maximum atomic E-state index is 13.2. The highest BCUT2D eigenvalue weighted by Gasteiger charge is 2.30. The zero-order chi connectivity index (χ0) is 11.9. The van der Waals surface area contributed by atoms with Crippen molar-refractivity contribution in [2.75, 3.05) is 17.2 Å². The smallest absolute Gasteiger partial charge is 0.234 e. The molecule has 1 aromatic carbocycles. The van der Waals surface area contributed by atoms with Crippen LogP contribution in [0.4, 0.5) is 15.8 Å². The highest BCUT2D eigenvalue weighted by Crippen LogP contribution is 2.33. The van der Waals surface area contributed by atoms with Crippen LogP contribution in [0.1, 0.15) is 6.42 Å². The summed E-state index contributed by atoms with van der Waals surface area (Å²) in [7, 11) is 0. The summed E-state index contributed by atoms with van der Waals surface area (Å²) in [4.78, 5) is 23.8. The van der Waals surface area contributed by atoms with Crippen LogP contribution >= 0.6 is 15.9 Å². The van der Waals surface area contributed by atoms with Crippen LogP contribution in [-0.4, -0.2) is 18.2 Å². The average Bonchev–Trinajstić information content (AvgIpc) is 2.51. The third-order valence-corrected chi connectivity index (χ3v) is 3.00. The van der Waals surface area contributed by atoms with Gasteiger partial charge in [0.05, 0.1) is 24.3 Å². The predicted molar refractivity (Wildman–Crippen MR) is 60.5 cm³/mol. The molecule has 1 aromatic rings. The molecule has 4 nitrogen and oxygen atoms in total. The fourth-order valence-corrected chi connectivity index (χ4v) is 2.02. The standard InChI is InChI=1S/C10H8BrFN2O2/c11-7-1-5(12)2-8(10(7)13)14-4-6(15)3-9(14)16/h1-2H,3-4,13H2. The zero-order valence-electron chi connectivity index (χ0n) is 8.17. The number of halogens is 2. The van der Waals surface area contributed by atoms with E-state index in [1.807, 2.05) is 0 Å². The van der Waals surface area contributed by atoms with Gasteiger partial charge >= 0.3 is 0 Å². The van der Waals surface area contributed by atoms with Crippen molar-refractivity contribution >= 4 is 39.0 Å². The van der Waals surface area contributed by atoms with Crippen molar-refractivity contribution in [2.24, 2.45) is 0 Å². The molecule has 1 heterocycles. The summed E-state index contributed by atoms with van der Waals surface area (Å²) < 4.78 is 13.5. The second-order valence-electron chi connectivity index (χ2n) is 3.52. The van der Waals surface area contributed by atoms with Crippen molar-refractivity contribution in [1.82, 2.24) is 0 Å². The minimum absolute atomic E-state index is 0.0427. The molecule has 1 aliphatic heterocycles. The topological polar surface area (TPSA) is 63.4 Å². The van der Waals surface area contributed by atoms with E-state index >= 15 is 0 Å². The number of carbonyl (C=O) groups is 2. The Bertz CT molecular complexity index is 490. The lowest BCUT2D eigenvalue weighted by molar-refractivity contribution is -0.121. The molecule has 0 spiro atoms. The van der Waals surface area contributed by atoms with Crippen LogP contribution in [0.2, 0.25) is 0 Å². The van der Waals surface area contributed by atoms with Crippen molar-refractivity contribution in [3.8, 4) is 0 Å². The van der Waals surface area contributed by atoms with Crippen LogP contribution in [0.25, 0.3) is 0 Å². The van der Waals surface area contributed by atoms with E-state index in [0.29, 0.717) is 4.47 Å². The minimum atomic E-state index is -0.511. The van der Waals surface area contributed by atoms with E-state index in [9.17, 15) is 14.0 Å². The molecule has 1 amide bonds. The molecule has 0 unspecified atom stereocenters. The van der Waals surface area contributed by atoms with Gasteiger partial charge in [0.25, 0.3) is 0 Å². The van der Waals surface area contributed by atoms with Gasteiger partial charge in [0.2, 0.25) is 5.91 Å². The van der Waals surface area contributed by atoms with E-state index in [1.54, 1.807) is 0 Å². The Morgan fingerprint density at radius 2 is 2.06 bits per heavy atom. The molecule has 2 N–H and O–H groups in total. The van der Waals surface area contributed by atoms with Crippen molar-refractivity contribution < 1.29 is 14.0 Å². The van der Waals surface area contributed by atoms with Crippen molar-refractivity contribution in [3.05, 3.63) is 22.4 Å². The summed E-state index contributed by atoms with van der Waals surface area (Å²) in [6.07, 6.45) is -0.145. The third kappa shape index (κ3) is 1.80. The number of ketones is 1. The average molecular weight is 287 g/mol. The van der Waals surface area contributed by atoms with Crippen molar-refractivity contribution in [3.63, 3.8) is 0 Å². The first-order valence-electron chi connectivity index (χ1n) is 4.55. The number of Topliss-reactive ketones (excluding diaryl/α,β-unsaturated/α-hetero) is 1. The molecule has 0 atom stereocenters. The number of nitrogens with zero attached hydrogens (tertiary/aromatic N) is 1. The Hall–Kier alpha value is -1.43. The molecule has 0 saturated carbocycles. The second-order valence-corrected chi connectivity index (χ2v) is 4.37. The fourth-order valence-electron chi connectivity index (χ4n) is 1.60. The monoisotopic (exact) mass is 286 g/mol. The van der Waals surface area contributed by atoms with Crippen molar-refractivity contribution in [1.29, 1.82) is 0 Å². The quantitative estimate of drug-likeness (QED) is 0.628. The van der Waals surface area contributed by atoms with Gasteiger partial charge in [0.1, 0.15) is 5.82 Å². The maximum Gasteiger partial charge on any atom is 0.234 e. The van der Waals surface area contributed by atoms with Crippen LogP contribution in [0.3, 0.4) is 0 Å². The SMILES string of the molecule is Nc1c(Br)cc(F)cc1N1CC(=O)CC1=O.